The van der Waals surface area contributed by atoms with E-state index in [1.165, 1.54) is 20.0 Å². The van der Waals surface area contributed by atoms with E-state index < -0.39 is 6.10 Å². The number of carbonyl (C=O) groups excluding carboxylic acids is 2. The zero-order chi connectivity index (χ0) is 19.2. The van der Waals surface area contributed by atoms with Gasteiger partial charge in [-0.2, -0.15) is 0 Å². The van der Waals surface area contributed by atoms with E-state index in [-0.39, 0.29) is 17.9 Å². The molecule has 0 aromatic heterocycles. The minimum absolute atomic E-state index is 0.0538. The van der Waals surface area contributed by atoms with Crippen LogP contribution in [0.4, 0.5) is 5.69 Å². The number of hydrogen-bond donors (Lipinski definition) is 2. The minimum Gasteiger partial charge on any atom is -0.367 e. The van der Waals surface area contributed by atoms with Crippen molar-refractivity contribution < 1.29 is 14.3 Å². The number of hydrogen-bond acceptors (Lipinski definition) is 3. The molecule has 142 valence electrons. The van der Waals surface area contributed by atoms with Gasteiger partial charge in [-0.1, -0.05) is 43.2 Å². The molecule has 2 amide bonds. The van der Waals surface area contributed by atoms with Crippen molar-refractivity contribution in [3.63, 3.8) is 0 Å². The largest absolute Gasteiger partial charge is 0.367 e. The summed E-state index contributed by atoms with van der Waals surface area (Å²) in [6, 6.07) is 15.0. The van der Waals surface area contributed by atoms with Gasteiger partial charge in [-0.15, -0.1) is 0 Å². The molecule has 0 bridgehead atoms. The summed E-state index contributed by atoms with van der Waals surface area (Å²) in [5, 5.41) is 5.99. The fourth-order valence-electron chi connectivity index (χ4n) is 3.50. The lowest BCUT2D eigenvalue weighted by Crippen LogP contribution is -2.32. The summed E-state index contributed by atoms with van der Waals surface area (Å²) in [5.74, 6) is -0.295. The molecule has 1 saturated carbocycles. The van der Waals surface area contributed by atoms with Gasteiger partial charge in [0.25, 0.3) is 11.8 Å². The fraction of sp³-hybridized carbons (Fsp3) is 0.364. The van der Waals surface area contributed by atoms with Gasteiger partial charge in [0.15, 0.2) is 6.10 Å². The van der Waals surface area contributed by atoms with Crippen molar-refractivity contribution in [3.8, 4) is 0 Å². The molecule has 1 aliphatic carbocycles. The van der Waals surface area contributed by atoms with Crippen molar-refractivity contribution >= 4 is 17.5 Å². The fourth-order valence-corrected chi connectivity index (χ4v) is 3.50. The SMILES string of the molecule is CO[C@H](C(=O)Nc1ccc(C(=O)NC2CCCC2)cc1C)c1ccccc1. The molecule has 5 nitrogen and oxygen atoms in total. The lowest BCUT2D eigenvalue weighted by molar-refractivity contribution is -0.126. The molecule has 1 atom stereocenters. The van der Waals surface area contributed by atoms with Crippen LogP contribution in [0.5, 0.6) is 0 Å². The van der Waals surface area contributed by atoms with Crippen molar-refractivity contribution in [1.29, 1.82) is 0 Å². The Morgan fingerprint density at radius 1 is 1.07 bits per heavy atom. The predicted octanol–water partition coefficient (Wildman–Crippen LogP) is 3.99. The smallest absolute Gasteiger partial charge is 0.258 e. The van der Waals surface area contributed by atoms with E-state index in [0.29, 0.717) is 11.3 Å². The Labute approximate surface area is 160 Å². The van der Waals surface area contributed by atoms with Crippen molar-refractivity contribution in [1.82, 2.24) is 5.32 Å². The summed E-state index contributed by atoms with van der Waals surface area (Å²) in [7, 11) is 1.51. The van der Waals surface area contributed by atoms with Crippen LogP contribution < -0.4 is 10.6 Å². The third-order valence-corrected chi connectivity index (χ3v) is 5.01. The van der Waals surface area contributed by atoms with Crippen molar-refractivity contribution in [2.75, 3.05) is 12.4 Å². The summed E-state index contributed by atoms with van der Waals surface area (Å²) in [5.41, 5.74) is 2.92. The van der Waals surface area contributed by atoms with Gasteiger partial charge in [-0.05, 0) is 49.1 Å². The quantitative estimate of drug-likeness (QED) is 0.812. The summed E-state index contributed by atoms with van der Waals surface area (Å²) >= 11 is 0. The minimum atomic E-state index is -0.684. The van der Waals surface area contributed by atoms with Gasteiger partial charge in [0, 0.05) is 24.4 Å². The van der Waals surface area contributed by atoms with Crippen molar-refractivity contribution in [2.45, 2.75) is 44.8 Å². The molecule has 2 aromatic carbocycles. The molecule has 27 heavy (non-hydrogen) atoms. The number of benzene rings is 2. The van der Waals surface area contributed by atoms with E-state index in [2.05, 4.69) is 10.6 Å². The highest BCUT2D eigenvalue weighted by Gasteiger charge is 2.21. The predicted molar refractivity (Wildman–Crippen MR) is 106 cm³/mol. The number of carbonyl (C=O) groups is 2. The molecule has 0 unspecified atom stereocenters. The highest BCUT2D eigenvalue weighted by Crippen LogP contribution is 2.23. The lowest BCUT2D eigenvalue weighted by Gasteiger charge is -2.17. The average molecular weight is 366 g/mol. The first kappa shape index (κ1) is 19.1. The maximum Gasteiger partial charge on any atom is 0.258 e. The first-order chi connectivity index (χ1) is 13.1. The molecule has 0 saturated heterocycles. The first-order valence-corrected chi connectivity index (χ1v) is 9.38. The third-order valence-electron chi connectivity index (χ3n) is 5.01. The molecule has 0 radical (unpaired) electrons. The van der Waals surface area contributed by atoms with Gasteiger partial charge in [0.2, 0.25) is 0 Å². The Morgan fingerprint density at radius 2 is 1.78 bits per heavy atom. The van der Waals surface area contributed by atoms with Crippen LogP contribution in [0.1, 0.15) is 53.3 Å². The molecular weight excluding hydrogens is 340 g/mol. The molecule has 0 spiro atoms. The monoisotopic (exact) mass is 366 g/mol. The molecule has 1 aliphatic rings. The summed E-state index contributed by atoms with van der Waals surface area (Å²) in [4.78, 5) is 25.0. The maximum absolute atomic E-state index is 12.6. The standard InChI is InChI=1S/C22H26N2O3/c1-15-14-17(21(25)23-18-10-6-7-11-18)12-13-19(15)24-22(26)20(27-2)16-8-4-3-5-9-16/h3-5,8-9,12-14,18,20H,6-7,10-11H2,1-2H3,(H,23,25)(H,24,26)/t20-/m0/s1. The Bertz CT molecular complexity index is 798. The zero-order valence-electron chi connectivity index (χ0n) is 15.8. The van der Waals surface area contributed by atoms with Crippen molar-refractivity contribution in [2.24, 2.45) is 0 Å². The van der Waals surface area contributed by atoms with E-state index in [1.807, 2.05) is 43.3 Å². The maximum atomic E-state index is 12.6. The average Bonchev–Trinajstić information content (AvgIpc) is 3.18. The van der Waals surface area contributed by atoms with E-state index in [9.17, 15) is 9.59 Å². The second-order valence-corrected chi connectivity index (χ2v) is 7.00. The number of nitrogens with one attached hydrogen (secondary N) is 2. The molecule has 0 aliphatic heterocycles. The molecule has 0 heterocycles. The van der Waals surface area contributed by atoms with Crippen molar-refractivity contribution in [3.05, 3.63) is 65.2 Å². The number of ether oxygens (including phenoxy) is 1. The van der Waals surface area contributed by atoms with E-state index >= 15 is 0 Å². The first-order valence-electron chi connectivity index (χ1n) is 9.38. The molecule has 5 heteroatoms. The number of methoxy groups -OCH3 is 1. The van der Waals surface area contributed by atoms with Crippen LogP contribution in [0.2, 0.25) is 0 Å². The number of anilines is 1. The molecular formula is C22H26N2O3. The number of amides is 2. The van der Waals surface area contributed by atoms with Crippen LogP contribution in [0.15, 0.2) is 48.5 Å². The molecule has 3 rings (SSSR count). The van der Waals surface area contributed by atoms with Gasteiger partial charge >= 0.3 is 0 Å². The summed E-state index contributed by atoms with van der Waals surface area (Å²) in [6.45, 7) is 1.88. The van der Waals surface area contributed by atoms with Crippen LogP contribution in [0, 0.1) is 6.92 Å². The van der Waals surface area contributed by atoms with E-state index in [0.717, 1.165) is 24.0 Å². The highest BCUT2D eigenvalue weighted by molar-refractivity contribution is 5.98. The summed E-state index contributed by atoms with van der Waals surface area (Å²) in [6.07, 6.45) is 3.78. The van der Waals surface area contributed by atoms with Gasteiger partial charge in [-0.3, -0.25) is 9.59 Å². The van der Waals surface area contributed by atoms with Gasteiger partial charge in [-0.25, -0.2) is 0 Å². The Balaban J connectivity index is 1.68. The Kier molecular flexibility index (Phi) is 6.24. The third kappa shape index (κ3) is 4.74. The Hall–Kier alpha value is -2.66. The van der Waals surface area contributed by atoms with Crippen LogP contribution in [-0.4, -0.2) is 25.0 Å². The zero-order valence-corrected chi connectivity index (χ0v) is 15.8. The molecule has 2 aromatic rings. The molecule has 1 fully saturated rings. The van der Waals surface area contributed by atoms with E-state index in [1.54, 1.807) is 12.1 Å². The van der Waals surface area contributed by atoms with Crippen LogP contribution in [0.3, 0.4) is 0 Å². The highest BCUT2D eigenvalue weighted by atomic mass is 16.5. The molecule has 2 N–H and O–H groups in total. The Morgan fingerprint density at radius 3 is 2.41 bits per heavy atom. The number of rotatable bonds is 6. The van der Waals surface area contributed by atoms with Gasteiger partial charge in [0.1, 0.15) is 0 Å². The lowest BCUT2D eigenvalue weighted by atomic mass is 10.1. The van der Waals surface area contributed by atoms with E-state index in [4.69, 9.17) is 4.74 Å². The summed E-state index contributed by atoms with van der Waals surface area (Å²) < 4.78 is 5.37. The number of aryl methyl sites for hydroxylation is 1. The second kappa shape index (κ2) is 8.82. The van der Waals surface area contributed by atoms with Crippen LogP contribution in [-0.2, 0) is 9.53 Å². The topological polar surface area (TPSA) is 67.4 Å². The van der Waals surface area contributed by atoms with Gasteiger partial charge < -0.3 is 15.4 Å². The van der Waals surface area contributed by atoms with Crippen LogP contribution in [0.25, 0.3) is 0 Å². The van der Waals surface area contributed by atoms with Gasteiger partial charge in [0.05, 0.1) is 0 Å². The van der Waals surface area contributed by atoms with Crippen LogP contribution >= 0.6 is 0 Å². The second-order valence-electron chi connectivity index (χ2n) is 7.00. The normalized spacial score (nSPS) is 15.3.